The lowest BCUT2D eigenvalue weighted by molar-refractivity contribution is -0.138. The molecule has 2 N–H and O–H groups in total. The molecule has 2 rings (SSSR count). The van der Waals surface area contributed by atoms with Gasteiger partial charge in [0.25, 0.3) is 0 Å². The van der Waals surface area contributed by atoms with Crippen molar-refractivity contribution in [1.29, 1.82) is 0 Å². The number of carbonyl (C=O) groups is 2. The van der Waals surface area contributed by atoms with Gasteiger partial charge in [-0.25, -0.2) is 9.78 Å². The second kappa shape index (κ2) is 8.40. The van der Waals surface area contributed by atoms with Crippen LogP contribution in [0.5, 0.6) is 0 Å². The molecule has 1 heterocycles. The first-order valence-electron chi connectivity index (χ1n) is 8.58. The summed E-state index contributed by atoms with van der Waals surface area (Å²) in [6.45, 7) is 6.15. The van der Waals surface area contributed by atoms with Gasteiger partial charge in [0, 0.05) is 23.2 Å². The molecule has 2 aromatic rings. The molecule has 0 saturated carbocycles. The van der Waals surface area contributed by atoms with Crippen molar-refractivity contribution < 1.29 is 19.8 Å². The van der Waals surface area contributed by atoms with Crippen LogP contribution in [0.15, 0.2) is 35.4 Å². The van der Waals surface area contributed by atoms with Crippen molar-refractivity contribution >= 4 is 23.7 Å². The molecule has 0 fully saturated rings. The van der Waals surface area contributed by atoms with Crippen molar-refractivity contribution in [2.45, 2.75) is 56.2 Å². The molecule has 7 heteroatoms. The number of nitrogens with zero attached hydrogens (tertiary/aromatic N) is 2. The van der Waals surface area contributed by atoms with Crippen LogP contribution in [0, 0.1) is 0 Å². The van der Waals surface area contributed by atoms with Gasteiger partial charge in [0.15, 0.2) is 5.69 Å². The van der Waals surface area contributed by atoms with Crippen LogP contribution in [0.2, 0.25) is 0 Å². The van der Waals surface area contributed by atoms with E-state index in [2.05, 4.69) is 11.9 Å². The highest BCUT2D eigenvalue weighted by atomic mass is 32.2. The Balaban J connectivity index is 2.27. The van der Waals surface area contributed by atoms with E-state index in [1.807, 2.05) is 28.8 Å². The monoisotopic (exact) mass is 376 g/mol. The van der Waals surface area contributed by atoms with Gasteiger partial charge in [0.05, 0.1) is 0 Å². The number of benzene rings is 1. The Morgan fingerprint density at radius 1 is 1.15 bits per heavy atom. The molecule has 26 heavy (non-hydrogen) atoms. The quantitative estimate of drug-likeness (QED) is 0.498. The van der Waals surface area contributed by atoms with E-state index in [1.165, 1.54) is 11.8 Å². The maximum Gasteiger partial charge on any atom is 0.356 e. The number of rotatable bonds is 9. The Hall–Kier alpha value is -2.28. The lowest BCUT2D eigenvalue weighted by Gasteiger charge is -2.18. The summed E-state index contributed by atoms with van der Waals surface area (Å²) in [6.07, 6.45) is 4.68. The van der Waals surface area contributed by atoms with E-state index < -0.39 is 16.7 Å². The average Bonchev–Trinajstić information content (AvgIpc) is 3.00. The zero-order chi connectivity index (χ0) is 19.3. The van der Waals surface area contributed by atoms with Crippen LogP contribution in [-0.2, 0) is 11.3 Å². The SMILES string of the molecule is CCCCCn1cc(C(=O)O)nc1-c1ccc(SC(C)(C)C(=O)O)cc1. The van der Waals surface area contributed by atoms with Gasteiger partial charge >= 0.3 is 11.9 Å². The third kappa shape index (κ3) is 4.88. The Morgan fingerprint density at radius 2 is 1.81 bits per heavy atom. The highest BCUT2D eigenvalue weighted by Crippen LogP contribution is 2.33. The van der Waals surface area contributed by atoms with E-state index in [-0.39, 0.29) is 5.69 Å². The van der Waals surface area contributed by atoms with Crippen LogP contribution in [0.25, 0.3) is 11.4 Å². The molecule has 0 unspecified atom stereocenters. The van der Waals surface area contributed by atoms with Crippen LogP contribution in [0.3, 0.4) is 0 Å². The summed E-state index contributed by atoms with van der Waals surface area (Å²) in [7, 11) is 0. The predicted molar refractivity (Wildman–Crippen MR) is 102 cm³/mol. The number of hydrogen-bond acceptors (Lipinski definition) is 4. The number of carboxylic acid groups (broad SMARTS) is 2. The molecule has 0 aliphatic rings. The minimum atomic E-state index is -1.05. The van der Waals surface area contributed by atoms with Gasteiger partial charge in [-0.3, -0.25) is 4.79 Å². The fourth-order valence-electron chi connectivity index (χ4n) is 2.46. The number of aromatic nitrogens is 2. The molecule has 0 radical (unpaired) electrons. The minimum Gasteiger partial charge on any atom is -0.480 e. The maximum atomic E-state index is 11.3. The lowest BCUT2D eigenvalue weighted by Crippen LogP contribution is -2.26. The number of aryl methyl sites for hydroxylation is 1. The molecule has 0 saturated heterocycles. The zero-order valence-corrected chi connectivity index (χ0v) is 16.0. The first-order chi connectivity index (χ1) is 12.2. The van der Waals surface area contributed by atoms with E-state index in [0.29, 0.717) is 12.4 Å². The molecule has 0 aliphatic heterocycles. The number of carboxylic acids is 2. The van der Waals surface area contributed by atoms with Gasteiger partial charge in [0.1, 0.15) is 10.6 Å². The smallest absolute Gasteiger partial charge is 0.356 e. The first kappa shape index (κ1) is 20.0. The van der Waals surface area contributed by atoms with Crippen LogP contribution >= 0.6 is 11.8 Å². The largest absolute Gasteiger partial charge is 0.480 e. The van der Waals surface area contributed by atoms with E-state index in [9.17, 15) is 19.8 Å². The Kier molecular flexibility index (Phi) is 6.47. The fraction of sp³-hybridized carbons (Fsp3) is 0.421. The molecule has 6 nitrogen and oxygen atoms in total. The van der Waals surface area contributed by atoms with E-state index >= 15 is 0 Å². The number of imidazole rings is 1. The summed E-state index contributed by atoms with van der Waals surface area (Å²) in [5.41, 5.74) is 0.841. The molecule has 1 aromatic heterocycles. The highest BCUT2D eigenvalue weighted by Gasteiger charge is 2.28. The molecular formula is C19H24N2O4S. The van der Waals surface area contributed by atoms with Gasteiger partial charge in [-0.15, -0.1) is 11.8 Å². The normalized spacial score (nSPS) is 11.5. The molecule has 1 aromatic carbocycles. The number of unbranched alkanes of at least 4 members (excludes halogenated alkanes) is 2. The van der Waals surface area contributed by atoms with E-state index in [0.717, 1.165) is 29.7 Å². The van der Waals surface area contributed by atoms with Crippen LogP contribution in [-0.4, -0.2) is 36.4 Å². The standard InChI is InChI=1S/C19H24N2O4S/c1-4-5-6-11-21-12-15(17(22)23)20-16(21)13-7-9-14(10-8-13)26-19(2,3)18(24)25/h7-10,12H,4-6,11H2,1-3H3,(H,22,23)(H,24,25). The van der Waals surface area contributed by atoms with Crippen molar-refractivity contribution in [2.75, 3.05) is 0 Å². The second-order valence-corrected chi connectivity index (χ2v) is 8.29. The Morgan fingerprint density at radius 3 is 2.35 bits per heavy atom. The van der Waals surface area contributed by atoms with E-state index in [1.54, 1.807) is 20.0 Å². The summed E-state index contributed by atoms with van der Waals surface area (Å²) in [4.78, 5) is 27.6. The predicted octanol–water partition coefficient (Wildman–Crippen LogP) is 4.39. The van der Waals surface area contributed by atoms with Crippen molar-refractivity contribution in [2.24, 2.45) is 0 Å². The Bertz CT molecular complexity index is 781. The minimum absolute atomic E-state index is 0.0296. The van der Waals surface area contributed by atoms with Gasteiger partial charge in [-0.2, -0.15) is 0 Å². The summed E-state index contributed by atoms with van der Waals surface area (Å²) in [5, 5.41) is 18.5. The fourth-order valence-corrected chi connectivity index (χ4v) is 3.41. The summed E-state index contributed by atoms with van der Waals surface area (Å²) in [6, 6.07) is 7.39. The average molecular weight is 376 g/mol. The van der Waals surface area contributed by atoms with Crippen LogP contribution < -0.4 is 0 Å². The molecule has 0 aliphatic carbocycles. The van der Waals surface area contributed by atoms with Gasteiger partial charge in [-0.1, -0.05) is 31.9 Å². The summed E-state index contributed by atoms with van der Waals surface area (Å²) < 4.78 is 0.957. The second-order valence-electron chi connectivity index (χ2n) is 6.60. The van der Waals surface area contributed by atoms with Gasteiger partial charge in [-0.05, 0) is 32.4 Å². The van der Waals surface area contributed by atoms with Crippen molar-refractivity contribution in [1.82, 2.24) is 9.55 Å². The van der Waals surface area contributed by atoms with E-state index in [4.69, 9.17) is 0 Å². The first-order valence-corrected chi connectivity index (χ1v) is 9.39. The molecule has 0 bridgehead atoms. The van der Waals surface area contributed by atoms with Crippen molar-refractivity contribution in [3.8, 4) is 11.4 Å². The third-order valence-corrected chi connectivity index (χ3v) is 5.19. The zero-order valence-electron chi connectivity index (χ0n) is 15.2. The van der Waals surface area contributed by atoms with Crippen molar-refractivity contribution in [3.05, 3.63) is 36.2 Å². The van der Waals surface area contributed by atoms with Crippen LogP contribution in [0.1, 0.15) is 50.5 Å². The Labute approximate surface area is 157 Å². The highest BCUT2D eigenvalue weighted by molar-refractivity contribution is 8.01. The number of aliphatic carboxylic acids is 1. The van der Waals surface area contributed by atoms with Gasteiger partial charge in [0.2, 0.25) is 0 Å². The van der Waals surface area contributed by atoms with Crippen LogP contribution in [0.4, 0.5) is 0 Å². The lowest BCUT2D eigenvalue weighted by atomic mass is 10.2. The maximum absolute atomic E-state index is 11.3. The number of aromatic carboxylic acids is 1. The molecule has 0 atom stereocenters. The van der Waals surface area contributed by atoms with Crippen molar-refractivity contribution in [3.63, 3.8) is 0 Å². The third-order valence-electron chi connectivity index (χ3n) is 4.00. The molecule has 0 amide bonds. The number of thioether (sulfide) groups is 1. The van der Waals surface area contributed by atoms with Gasteiger partial charge < -0.3 is 14.8 Å². The molecular weight excluding hydrogens is 352 g/mol. The molecule has 140 valence electrons. The summed E-state index contributed by atoms with van der Waals surface area (Å²) in [5.74, 6) is -1.30. The molecule has 0 spiro atoms. The summed E-state index contributed by atoms with van der Waals surface area (Å²) >= 11 is 1.27. The topological polar surface area (TPSA) is 92.4 Å². The number of hydrogen-bond donors (Lipinski definition) is 2.